The summed E-state index contributed by atoms with van der Waals surface area (Å²) in [4.78, 5) is 0. The van der Waals surface area contributed by atoms with Crippen LogP contribution in [0.1, 0.15) is 24.8 Å². The molecular formula is C13H18ClNO2. The first-order chi connectivity index (χ1) is 8.26. The van der Waals surface area contributed by atoms with E-state index in [4.69, 9.17) is 21.1 Å². The third-order valence-electron chi connectivity index (χ3n) is 3.25. The van der Waals surface area contributed by atoms with Gasteiger partial charge in [0.25, 0.3) is 0 Å². The van der Waals surface area contributed by atoms with Crippen molar-refractivity contribution < 1.29 is 9.47 Å². The molecule has 4 heteroatoms. The smallest absolute Gasteiger partial charge is 0.179 e. The van der Waals surface area contributed by atoms with E-state index in [2.05, 4.69) is 5.32 Å². The SMILES string of the molecule is COc1ccc(CNC2CCC2)c(Cl)c1OC. The zero-order chi connectivity index (χ0) is 12.3. The van der Waals surface area contributed by atoms with Crippen molar-refractivity contribution in [2.45, 2.75) is 31.8 Å². The second-order valence-corrected chi connectivity index (χ2v) is 4.66. The number of methoxy groups -OCH3 is 2. The minimum atomic E-state index is 0.613. The average molecular weight is 256 g/mol. The van der Waals surface area contributed by atoms with E-state index in [-0.39, 0.29) is 0 Å². The molecule has 1 N–H and O–H groups in total. The molecule has 0 bridgehead atoms. The van der Waals surface area contributed by atoms with Crippen LogP contribution in [0.4, 0.5) is 0 Å². The first kappa shape index (κ1) is 12.5. The average Bonchev–Trinajstić information content (AvgIpc) is 2.28. The number of nitrogens with one attached hydrogen (secondary N) is 1. The summed E-state index contributed by atoms with van der Waals surface area (Å²) < 4.78 is 10.5. The van der Waals surface area contributed by atoms with Crippen LogP contribution in [0.25, 0.3) is 0 Å². The molecule has 1 aromatic rings. The molecule has 1 aliphatic carbocycles. The van der Waals surface area contributed by atoms with Crippen LogP contribution in [0.2, 0.25) is 5.02 Å². The summed E-state index contributed by atoms with van der Waals surface area (Å²) in [7, 11) is 3.22. The largest absolute Gasteiger partial charge is 0.493 e. The molecule has 2 rings (SSSR count). The highest BCUT2D eigenvalue weighted by Crippen LogP contribution is 2.37. The molecule has 0 spiro atoms. The van der Waals surface area contributed by atoms with Crippen molar-refractivity contribution in [1.82, 2.24) is 5.32 Å². The summed E-state index contributed by atoms with van der Waals surface area (Å²) in [5.74, 6) is 1.28. The fraction of sp³-hybridized carbons (Fsp3) is 0.538. The lowest BCUT2D eigenvalue weighted by Crippen LogP contribution is -2.34. The maximum atomic E-state index is 6.29. The summed E-state index contributed by atoms with van der Waals surface area (Å²) >= 11 is 6.29. The second-order valence-electron chi connectivity index (χ2n) is 4.28. The fourth-order valence-electron chi connectivity index (χ4n) is 1.93. The molecule has 3 nitrogen and oxygen atoms in total. The standard InChI is InChI=1S/C13H18ClNO2/c1-16-11-7-6-9(12(14)13(11)17-2)8-15-10-4-3-5-10/h6-7,10,15H,3-5,8H2,1-2H3. The Morgan fingerprint density at radius 3 is 2.59 bits per heavy atom. The van der Waals surface area contributed by atoms with Crippen molar-refractivity contribution in [3.63, 3.8) is 0 Å². The van der Waals surface area contributed by atoms with Crippen molar-refractivity contribution in [3.8, 4) is 11.5 Å². The number of benzene rings is 1. The number of rotatable bonds is 5. The predicted octanol–water partition coefficient (Wildman–Crippen LogP) is 3.00. The predicted molar refractivity (Wildman–Crippen MR) is 69.0 cm³/mol. The van der Waals surface area contributed by atoms with Gasteiger partial charge in [0, 0.05) is 12.6 Å². The number of ether oxygens (including phenoxy) is 2. The van der Waals surface area contributed by atoms with Crippen LogP contribution >= 0.6 is 11.6 Å². The van der Waals surface area contributed by atoms with Crippen LogP contribution in [0.3, 0.4) is 0 Å². The Hall–Kier alpha value is -0.930. The van der Waals surface area contributed by atoms with E-state index in [9.17, 15) is 0 Å². The van der Waals surface area contributed by atoms with Crippen LogP contribution in [0.15, 0.2) is 12.1 Å². The van der Waals surface area contributed by atoms with Gasteiger partial charge in [-0.05, 0) is 24.5 Å². The Balaban J connectivity index is 2.10. The van der Waals surface area contributed by atoms with Crippen molar-refractivity contribution in [2.75, 3.05) is 14.2 Å². The van der Waals surface area contributed by atoms with Gasteiger partial charge >= 0.3 is 0 Å². The fourth-order valence-corrected chi connectivity index (χ4v) is 2.23. The number of hydrogen-bond acceptors (Lipinski definition) is 3. The highest BCUT2D eigenvalue weighted by molar-refractivity contribution is 6.33. The lowest BCUT2D eigenvalue weighted by atomic mass is 9.93. The van der Waals surface area contributed by atoms with Crippen LogP contribution in [0, 0.1) is 0 Å². The quantitative estimate of drug-likeness (QED) is 0.877. The molecule has 0 radical (unpaired) electrons. The van der Waals surface area contributed by atoms with Crippen LogP contribution in [0.5, 0.6) is 11.5 Å². The molecule has 0 unspecified atom stereocenters. The molecule has 0 amide bonds. The molecule has 0 atom stereocenters. The van der Waals surface area contributed by atoms with Gasteiger partial charge in [-0.15, -0.1) is 0 Å². The van der Waals surface area contributed by atoms with E-state index >= 15 is 0 Å². The van der Waals surface area contributed by atoms with Crippen molar-refractivity contribution in [2.24, 2.45) is 0 Å². The van der Waals surface area contributed by atoms with Crippen molar-refractivity contribution in [1.29, 1.82) is 0 Å². The molecule has 0 aliphatic heterocycles. The third kappa shape index (κ3) is 2.67. The lowest BCUT2D eigenvalue weighted by Gasteiger charge is -2.27. The highest BCUT2D eigenvalue weighted by Gasteiger charge is 2.18. The van der Waals surface area contributed by atoms with Gasteiger partial charge in [0.15, 0.2) is 11.5 Å². The van der Waals surface area contributed by atoms with Gasteiger partial charge < -0.3 is 14.8 Å². The molecular weight excluding hydrogens is 238 g/mol. The highest BCUT2D eigenvalue weighted by atomic mass is 35.5. The van der Waals surface area contributed by atoms with Crippen molar-refractivity contribution >= 4 is 11.6 Å². The maximum absolute atomic E-state index is 6.29. The van der Waals surface area contributed by atoms with Gasteiger partial charge in [-0.2, -0.15) is 0 Å². The first-order valence-corrected chi connectivity index (χ1v) is 6.26. The van der Waals surface area contributed by atoms with Crippen LogP contribution in [-0.4, -0.2) is 20.3 Å². The molecule has 1 aromatic carbocycles. The van der Waals surface area contributed by atoms with E-state index in [0.717, 1.165) is 12.1 Å². The number of hydrogen-bond donors (Lipinski definition) is 1. The van der Waals surface area contributed by atoms with E-state index in [1.807, 2.05) is 12.1 Å². The van der Waals surface area contributed by atoms with Gasteiger partial charge in [-0.3, -0.25) is 0 Å². The summed E-state index contributed by atoms with van der Waals surface area (Å²) in [5, 5.41) is 4.12. The Kier molecular flexibility index (Phi) is 4.13. The zero-order valence-electron chi connectivity index (χ0n) is 10.3. The van der Waals surface area contributed by atoms with Gasteiger partial charge in [0.05, 0.1) is 19.2 Å². The van der Waals surface area contributed by atoms with E-state index in [0.29, 0.717) is 22.6 Å². The van der Waals surface area contributed by atoms with Gasteiger partial charge in [-0.1, -0.05) is 24.1 Å². The molecule has 0 saturated heterocycles. The van der Waals surface area contributed by atoms with Gasteiger partial charge in [0.2, 0.25) is 0 Å². The van der Waals surface area contributed by atoms with Crippen LogP contribution < -0.4 is 14.8 Å². The second kappa shape index (κ2) is 5.61. The maximum Gasteiger partial charge on any atom is 0.179 e. The van der Waals surface area contributed by atoms with Gasteiger partial charge in [-0.25, -0.2) is 0 Å². The van der Waals surface area contributed by atoms with E-state index < -0.39 is 0 Å². The Morgan fingerprint density at radius 2 is 2.06 bits per heavy atom. The summed E-state index contributed by atoms with van der Waals surface area (Å²) in [6.07, 6.45) is 3.87. The Labute approximate surface area is 107 Å². The monoisotopic (exact) mass is 255 g/mol. The molecule has 1 saturated carbocycles. The van der Waals surface area contributed by atoms with Crippen molar-refractivity contribution in [3.05, 3.63) is 22.7 Å². The normalized spacial score (nSPS) is 15.5. The Morgan fingerprint density at radius 1 is 1.29 bits per heavy atom. The molecule has 0 aromatic heterocycles. The first-order valence-electron chi connectivity index (χ1n) is 5.89. The molecule has 0 heterocycles. The molecule has 1 aliphatic rings. The minimum absolute atomic E-state index is 0.613. The molecule has 94 valence electrons. The topological polar surface area (TPSA) is 30.5 Å². The van der Waals surface area contributed by atoms with E-state index in [1.54, 1.807) is 14.2 Å². The number of halogens is 1. The molecule has 1 fully saturated rings. The van der Waals surface area contributed by atoms with E-state index in [1.165, 1.54) is 19.3 Å². The van der Waals surface area contributed by atoms with Gasteiger partial charge in [0.1, 0.15) is 0 Å². The molecule has 17 heavy (non-hydrogen) atoms. The summed E-state index contributed by atoms with van der Waals surface area (Å²) in [6, 6.07) is 4.52. The summed E-state index contributed by atoms with van der Waals surface area (Å²) in [5.41, 5.74) is 1.05. The third-order valence-corrected chi connectivity index (χ3v) is 3.67. The lowest BCUT2D eigenvalue weighted by molar-refractivity contribution is 0.336. The zero-order valence-corrected chi connectivity index (χ0v) is 11.0. The summed E-state index contributed by atoms with van der Waals surface area (Å²) in [6.45, 7) is 0.782. The minimum Gasteiger partial charge on any atom is -0.493 e. The van der Waals surface area contributed by atoms with Crippen LogP contribution in [-0.2, 0) is 6.54 Å². The Bertz CT molecular complexity index is 391.